The molecule has 0 N–H and O–H groups in total. The number of thiophene rings is 1. The first kappa shape index (κ1) is 25.1. The third-order valence-corrected chi connectivity index (χ3v) is 9.91. The van der Waals surface area contributed by atoms with Crippen molar-refractivity contribution in [3.63, 3.8) is 0 Å². The minimum absolute atomic E-state index is 0.918. The van der Waals surface area contributed by atoms with Gasteiger partial charge < -0.3 is 4.74 Å². The summed E-state index contributed by atoms with van der Waals surface area (Å²) in [6.07, 6.45) is 0. The number of para-hydroxylation sites is 1. The van der Waals surface area contributed by atoms with Crippen LogP contribution in [0.2, 0.25) is 0 Å². The largest absolute Gasteiger partial charge is 0.456 e. The lowest BCUT2D eigenvalue weighted by Gasteiger charge is -2.22. The fraction of sp³-hybridized carbons (Fsp3) is 0. The molecule has 0 saturated heterocycles. The Kier molecular flexibility index (Phi) is 5.75. The zero-order valence-corrected chi connectivity index (χ0v) is 24.6. The van der Waals surface area contributed by atoms with Crippen molar-refractivity contribution in [1.82, 2.24) is 0 Å². The lowest BCUT2D eigenvalue weighted by atomic mass is 9.91. The quantitative estimate of drug-likeness (QED) is 0.202. The van der Waals surface area contributed by atoms with Crippen LogP contribution in [-0.4, -0.2) is 0 Å². The van der Waals surface area contributed by atoms with Gasteiger partial charge in [-0.2, -0.15) is 0 Å². The van der Waals surface area contributed by atoms with Crippen molar-refractivity contribution < 1.29 is 4.74 Å². The second-order valence-corrected chi connectivity index (χ2v) is 12.3. The van der Waals surface area contributed by atoms with E-state index in [-0.39, 0.29) is 0 Å². The van der Waals surface area contributed by atoms with Crippen molar-refractivity contribution in [1.29, 1.82) is 0 Å². The molecule has 0 spiro atoms. The first-order chi connectivity index (χ1) is 21.8. The minimum atomic E-state index is 0.918. The standard InChI is InChI=1S/C42H26OS/c1-2-9-27(10-3-1)31-14-6-11-30-12-7-15-32(41(30)31)28-19-21-29(22-20-28)39-25-26-40(44-39)34-23-24-38-42-35(16-8-17-36(34)42)33-13-4-5-18-37(33)43-38/h1-26H. The molecule has 206 valence electrons. The second kappa shape index (κ2) is 10.1. The van der Waals surface area contributed by atoms with Gasteiger partial charge in [0.15, 0.2) is 0 Å². The van der Waals surface area contributed by atoms with Gasteiger partial charge in [0.2, 0.25) is 0 Å². The molecule has 8 aromatic rings. The van der Waals surface area contributed by atoms with Gasteiger partial charge in [-0.05, 0) is 85.4 Å². The number of hydrogen-bond acceptors (Lipinski definition) is 2. The van der Waals surface area contributed by atoms with Gasteiger partial charge in [-0.1, -0.05) is 127 Å². The van der Waals surface area contributed by atoms with Gasteiger partial charge in [-0.15, -0.1) is 11.3 Å². The van der Waals surface area contributed by atoms with Crippen LogP contribution in [0.15, 0.2) is 158 Å². The zero-order valence-electron chi connectivity index (χ0n) is 23.8. The summed E-state index contributed by atoms with van der Waals surface area (Å²) in [6.45, 7) is 0. The highest BCUT2D eigenvalue weighted by Gasteiger charge is 2.21. The highest BCUT2D eigenvalue weighted by Crippen LogP contribution is 2.49. The summed E-state index contributed by atoms with van der Waals surface area (Å²) < 4.78 is 6.33. The Morgan fingerprint density at radius 3 is 1.80 bits per heavy atom. The van der Waals surface area contributed by atoms with Gasteiger partial charge in [0.05, 0.1) is 0 Å². The normalized spacial score (nSPS) is 11.8. The van der Waals surface area contributed by atoms with E-state index in [0.717, 1.165) is 17.1 Å². The molecule has 44 heavy (non-hydrogen) atoms. The van der Waals surface area contributed by atoms with Crippen molar-refractivity contribution in [2.45, 2.75) is 0 Å². The first-order valence-corrected chi connectivity index (χ1v) is 15.7. The van der Waals surface area contributed by atoms with Gasteiger partial charge in [-0.3, -0.25) is 0 Å². The van der Waals surface area contributed by atoms with Gasteiger partial charge >= 0.3 is 0 Å². The molecule has 0 unspecified atom stereocenters. The van der Waals surface area contributed by atoms with Gasteiger partial charge in [0, 0.05) is 20.7 Å². The second-order valence-electron chi connectivity index (χ2n) is 11.3. The van der Waals surface area contributed by atoms with Crippen molar-refractivity contribution in [2.75, 3.05) is 0 Å². The van der Waals surface area contributed by atoms with Crippen LogP contribution in [0.5, 0.6) is 11.5 Å². The average Bonchev–Trinajstić information content (AvgIpc) is 3.59. The molecule has 0 aliphatic carbocycles. The molecule has 0 amide bonds. The first-order valence-electron chi connectivity index (χ1n) is 14.9. The Morgan fingerprint density at radius 2 is 0.977 bits per heavy atom. The summed E-state index contributed by atoms with van der Waals surface area (Å²) in [4.78, 5) is 2.52. The van der Waals surface area contributed by atoms with E-state index in [4.69, 9.17) is 4.74 Å². The summed E-state index contributed by atoms with van der Waals surface area (Å²) >= 11 is 1.84. The number of ether oxygens (including phenoxy) is 1. The zero-order chi connectivity index (χ0) is 29.0. The Labute approximate surface area is 260 Å². The van der Waals surface area contributed by atoms with Crippen LogP contribution in [0.25, 0.3) is 75.8 Å². The van der Waals surface area contributed by atoms with Crippen LogP contribution in [0, 0.1) is 0 Å². The van der Waals surface area contributed by atoms with E-state index in [0.29, 0.717) is 0 Å². The average molecular weight is 579 g/mol. The Balaban J connectivity index is 1.09. The van der Waals surface area contributed by atoms with Crippen LogP contribution >= 0.6 is 11.3 Å². The Bertz CT molecular complexity index is 2340. The summed E-state index contributed by atoms with van der Waals surface area (Å²) in [5.74, 6) is 1.84. The number of rotatable bonds is 4. The smallest absolute Gasteiger partial charge is 0.135 e. The summed E-state index contributed by atoms with van der Waals surface area (Å²) in [5, 5.41) is 4.96. The maximum atomic E-state index is 6.33. The monoisotopic (exact) mass is 578 g/mol. The molecule has 2 heteroatoms. The number of benzene rings is 7. The Hall–Kier alpha value is -5.44. The van der Waals surface area contributed by atoms with E-state index in [1.807, 2.05) is 23.5 Å². The topological polar surface area (TPSA) is 9.23 Å². The highest BCUT2D eigenvalue weighted by molar-refractivity contribution is 7.18. The van der Waals surface area contributed by atoms with Crippen LogP contribution in [0.4, 0.5) is 0 Å². The van der Waals surface area contributed by atoms with Crippen molar-refractivity contribution in [3.8, 4) is 65.8 Å². The molecular weight excluding hydrogens is 553 g/mol. The van der Waals surface area contributed by atoms with Gasteiger partial charge in [0.25, 0.3) is 0 Å². The van der Waals surface area contributed by atoms with Gasteiger partial charge in [0.1, 0.15) is 11.5 Å². The van der Waals surface area contributed by atoms with E-state index >= 15 is 0 Å². The van der Waals surface area contributed by atoms with Crippen LogP contribution in [-0.2, 0) is 0 Å². The molecule has 1 aromatic heterocycles. The van der Waals surface area contributed by atoms with Crippen LogP contribution < -0.4 is 4.74 Å². The Morgan fingerprint density at radius 1 is 0.341 bits per heavy atom. The molecule has 9 rings (SSSR count). The van der Waals surface area contributed by atoms with E-state index in [9.17, 15) is 0 Å². The van der Waals surface area contributed by atoms with Crippen LogP contribution in [0.1, 0.15) is 0 Å². The van der Waals surface area contributed by atoms with E-state index in [2.05, 4.69) is 146 Å². The molecule has 2 heterocycles. The molecule has 0 radical (unpaired) electrons. The van der Waals surface area contributed by atoms with Crippen molar-refractivity contribution in [3.05, 3.63) is 158 Å². The molecule has 1 aliphatic heterocycles. The SMILES string of the molecule is c1ccc(-c2cccc3cccc(-c4ccc(-c5ccc(-c6ccc7c8c(cccc68)-c6ccccc6O7)s5)cc4)c23)cc1. The van der Waals surface area contributed by atoms with Crippen molar-refractivity contribution in [2.24, 2.45) is 0 Å². The summed E-state index contributed by atoms with van der Waals surface area (Å²) in [6, 6.07) is 56.7. The number of fused-ring (bicyclic) bond motifs is 3. The lowest BCUT2D eigenvalue weighted by Crippen LogP contribution is -1.97. The molecule has 0 saturated carbocycles. The fourth-order valence-electron chi connectivity index (χ4n) is 6.69. The molecule has 1 aliphatic rings. The van der Waals surface area contributed by atoms with E-state index < -0.39 is 0 Å². The molecule has 0 fully saturated rings. The predicted octanol–water partition coefficient (Wildman–Crippen LogP) is 12.5. The third kappa shape index (κ3) is 4.00. The summed E-state index contributed by atoms with van der Waals surface area (Å²) in [5.41, 5.74) is 9.84. The van der Waals surface area contributed by atoms with Crippen LogP contribution in [0.3, 0.4) is 0 Å². The fourth-order valence-corrected chi connectivity index (χ4v) is 7.74. The lowest BCUT2D eigenvalue weighted by molar-refractivity contribution is 0.487. The molecule has 1 nitrogen and oxygen atoms in total. The van der Waals surface area contributed by atoms with E-state index in [1.54, 1.807) is 0 Å². The third-order valence-electron chi connectivity index (χ3n) is 8.74. The maximum Gasteiger partial charge on any atom is 0.135 e. The minimum Gasteiger partial charge on any atom is -0.456 e. The molecule has 0 atom stereocenters. The highest BCUT2D eigenvalue weighted by atomic mass is 32.1. The summed E-state index contributed by atoms with van der Waals surface area (Å²) in [7, 11) is 0. The van der Waals surface area contributed by atoms with E-state index in [1.165, 1.54) is 70.2 Å². The predicted molar refractivity (Wildman–Crippen MR) is 187 cm³/mol. The molecule has 7 aromatic carbocycles. The molecule has 0 bridgehead atoms. The van der Waals surface area contributed by atoms with Gasteiger partial charge in [-0.25, -0.2) is 0 Å². The number of hydrogen-bond donors (Lipinski definition) is 0. The maximum absolute atomic E-state index is 6.33. The van der Waals surface area contributed by atoms with Crippen molar-refractivity contribution >= 4 is 32.9 Å². The molecular formula is C42H26OS.